The second-order valence-corrected chi connectivity index (χ2v) is 3.82. The minimum absolute atomic E-state index is 0.243. The molecule has 1 heterocycles. The predicted molar refractivity (Wildman–Crippen MR) is 65.4 cm³/mol. The maximum atomic E-state index is 13.1. The molecule has 0 aliphatic rings. The quantitative estimate of drug-likeness (QED) is 0.836. The smallest absolute Gasteiger partial charge is 0.125 e. The number of rotatable bonds is 2. The molecule has 0 aliphatic heterocycles. The molecule has 1 N–H and O–H groups in total. The molecule has 2 aromatic rings. The molecule has 0 spiro atoms. The molecule has 0 fully saturated rings. The van der Waals surface area contributed by atoms with Crippen molar-refractivity contribution in [3.05, 3.63) is 35.3 Å². The molecule has 0 bridgehead atoms. The van der Waals surface area contributed by atoms with Crippen molar-refractivity contribution in [3.63, 3.8) is 0 Å². The molecule has 0 radical (unpaired) electrons. The third-order valence-corrected chi connectivity index (χ3v) is 2.88. The van der Waals surface area contributed by atoms with Crippen LogP contribution in [0.4, 0.5) is 10.1 Å². The molecule has 2 rings (SSSR count). The Morgan fingerprint density at radius 3 is 2.75 bits per heavy atom. The lowest BCUT2D eigenvalue weighted by Crippen LogP contribution is -2.01. The van der Waals surface area contributed by atoms with Gasteiger partial charge >= 0.3 is 0 Å². The number of hydrogen-bond acceptors (Lipinski definition) is 2. The summed E-state index contributed by atoms with van der Waals surface area (Å²) in [6.07, 6.45) is 0.854. The minimum Gasteiger partial charge on any atom is -0.387 e. The van der Waals surface area contributed by atoms with Crippen LogP contribution < -0.4 is 5.32 Å². The largest absolute Gasteiger partial charge is 0.387 e. The Bertz CT molecular complexity index is 535. The van der Waals surface area contributed by atoms with Crippen molar-refractivity contribution in [2.24, 2.45) is 0 Å². The van der Waals surface area contributed by atoms with E-state index in [0.29, 0.717) is 5.52 Å². The van der Waals surface area contributed by atoms with E-state index in [-0.39, 0.29) is 5.82 Å². The second kappa shape index (κ2) is 4.08. The zero-order valence-electron chi connectivity index (χ0n) is 9.76. The zero-order valence-corrected chi connectivity index (χ0v) is 9.76. The van der Waals surface area contributed by atoms with Crippen LogP contribution >= 0.6 is 0 Å². The Kier molecular flexibility index (Phi) is 2.77. The van der Waals surface area contributed by atoms with Crippen LogP contribution in [0.1, 0.15) is 18.2 Å². The number of benzene rings is 1. The zero-order chi connectivity index (χ0) is 11.7. The topological polar surface area (TPSA) is 24.9 Å². The number of aryl methyl sites for hydroxylation is 1. The van der Waals surface area contributed by atoms with E-state index >= 15 is 0 Å². The normalized spacial score (nSPS) is 10.8. The van der Waals surface area contributed by atoms with E-state index in [0.717, 1.165) is 28.8 Å². The molecule has 0 unspecified atom stereocenters. The summed E-state index contributed by atoms with van der Waals surface area (Å²) in [5.74, 6) is -0.243. The van der Waals surface area contributed by atoms with Crippen molar-refractivity contribution in [2.75, 3.05) is 12.4 Å². The Morgan fingerprint density at radius 2 is 2.12 bits per heavy atom. The molecule has 0 aliphatic carbocycles. The Hall–Kier alpha value is -1.64. The Balaban J connectivity index is 2.84. The van der Waals surface area contributed by atoms with E-state index in [1.807, 2.05) is 14.0 Å². The van der Waals surface area contributed by atoms with Crippen LogP contribution in [0.25, 0.3) is 10.9 Å². The van der Waals surface area contributed by atoms with Crippen LogP contribution in [0.2, 0.25) is 0 Å². The Morgan fingerprint density at radius 1 is 1.38 bits per heavy atom. The summed E-state index contributed by atoms with van der Waals surface area (Å²) in [5, 5.41) is 4.14. The van der Waals surface area contributed by atoms with E-state index in [9.17, 15) is 4.39 Å². The maximum absolute atomic E-state index is 13.1. The fraction of sp³-hybridized carbons (Fsp3) is 0.308. The van der Waals surface area contributed by atoms with E-state index in [4.69, 9.17) is 0 Å². The van der Waals surface area contributed by atoms with Crippen molar-refractivity contribution in [1.82, 2.24) is 4.98 Å². The molecular weight excluding hydrogens is 203 g/mol. The van der Waals surface area contributed by atoms with Gasteiger partial charge in [0.05, 0.1) is 5.52 Å². The summed E-state index contributed by atoms with van der Waals surface area (Å²) in [6.45, 7) is 4.10. The van der Waals surface area contributed by atoms with Gasteiger partial charge in [-0.25, -0.2) is 4.39 Å². The molecule has 16 heavy (non-hydrogen) atoms. The Labute approximate surface area is 94.5 Å². The summed E-state index contributed by atoms with van der Waals surface area (Å²) in [5.41, 5.74) is 3.92. The average Bonchev–Trinajstić information content (AvgIpc) is 2.28. The SMILES string of the molecule is CCc1nc2cc(F)ccc2c(NC)c1C. The molecule has 2 nitrogen and oxygen atoms in total. The minimum atomic E-state index is -0.243. The van der Waals surface area contributed by atoms with Gasteiger partial charge in [0.15, 0.2) is 0 Å². The van der Waals surface area contributed by atoms with Gasteiger partial charge in [0.2, 0.25) is 0 Å². The number of halogens is 1. The number of fused-ring (bicyclic) bond motifs is 1. The number of nitrogens with zero attached hydrogens (tertiary/aromatic N) is 1. The van der Waals surface area contributed by atoms with Crippen LogP contribution in [0, 0.1) is 12.7 Å². The van der Waals surface area contributed by atoms with Crippen LogP contribution in [0.5, 0.6) is 0 Å². The monoisotopic (exact) mass is 218 g/mol. The second-order valence-electron chi connectivity index (χ2n) is 3.82. The highest BCUT2D eigenvalue weighted by Gasteiger charge is 2.09. The number of aromatic nitrogens is 1. The maximum Gasteiger partial charge on any atom is 0.125 e. The summed E-state index contributed by atoms with van der Waals surface area (Å²) in [7, 11) is 1.88. The molecule has 84 valence electrons. The first kappa shape index (κ1) is 10.9. The summed E-state index contributed by atoms with van der Waals surface area (Å²) < 4.78 is 13.1. The van der Waals surface area contributed by atoms with Gasteiger partial charge in [-0.05, 0) is 31.0 Å². The number of hydrogen-bond donors (Lipinski definition) is 1. The van der Waals surface area contributed by atoms with E-state index in [1.165, 1.54) is 12.1 Å². The summed E-state index contributed by atoms with van der Waals surface area (Å²) in [4.78, 5) is 4.48. The highest BCUT2D eigenvalue weighted by atomic mass is 19.1. The van der Waals surface area contributed by atoms with Gasteiger partial charge < -0.3 is 5.32 Å². The van der Waals surface area contributed by atoms with Gasteiger partial charge in [-0.3, -0.25) is 4.98 Å². The fourth-order valence-corrected chi connectivity index (χ4v) is 2.05. The number of pyridine rings is 1. The van der Waals surface area contributed by atoms with E-state index in [2.05, 4.69) is 17.2 Å². The standard InChI is InChI=1S/C13H15FN2/c1-4-11-8(2)13(15-3)10-6-5-9(14)7-12(10)16-11/h5-7H,4H2,1-3H3,(H,15,16). The van der Waals surface area contributed by atoms with Crippen molar-refractivity contribution in [1.29, 1.82) is 0 Å². The van der Waals surface area contributed by atoms with E-state index in [1.54, 1.807) is 6.07 Å². The van der Waals surface area contributed by atoms with Gasteiger partial charge in [-0.1, -0.05) is 6.92 Å². The van der Waals surface area contributed by atoms with Crippen molar-refractivity contribution in [3.8, 4) is 0 Å². The van der Waals surface area contributed by atoms with Gasteiger partial charge in [0, 0.05) is 29.9 Å². The van der Waals surface area contributed by atoms with Crippen molar-refractivity contribution >= 4 is 16.6 Å². The highest BCUT2D eigenvalue weighted by molar-refractivity contribution is 5.93. The number of nitrogens with one attached hydrogen (secondary N) is 1. The average molecular weight is 218 g/mol. The van der Waals surface area contributed by atoms with Crippen LogP contribution in [0.15, 0.2) is 18.2 Å². The third kappa shape index (κ3) is 1.62. The first-order valence-corrected chi connectivity index (χ1v) is 5.43. The van der Waals surface area contributed by atoms with Gasteiger partial charge in [0.1, 0.15) is 5.82 Å². The van der Waals surface area contributed by atoms with Crippen LogP contribution in [-0.2, 0) is 6.42 Å². The molecule has 1 aromatic heterocycles. The van der Waals surface area contributed by atoms with Gasteiger partial charge in [-0.2, -0.15) is 0 Å². The summed E-state index contributed by atoms with van der Waals surface area (Å²) >= 11 is 0. The molecule has 1 aromatic carbocycles. The molecular formula is C13H15FN2. The lowest BCUT2D eigenvalue weighted by molar-refractivity contribution is 0.629. The van der Waals surface area contributed by atoms with E-state index < -0.39 is 0 Å². The first-order valence-electron chi connectivity index (χ1n) is 5.43. The molecule has 0 amide bonds. The fourth-order valence-electron chi connectivity index (χ4n) is 2.05. The molecule has 0 atom stereocenters. The lowest BCUT2D eigenvalue weighted by Gasteiger charge is -2.13. The third-order valence-electron chi connectivity index (χ3n) is 2.88. The predicted octanol–water partition coefficient (Wildman–Crippen LogP) is 3.29. The van der Waals surface area contributed by atoms with Gasteiger partial charge in [0.25, 0.3) is 0 Å². The molecule has 0 saturated heterocycles. The van der Waals surface area contributed by atoms with Gasteiger partial charge in [-0.15, -0.1) is 0 Å². The van der Waals surface area contributed by atoms with Crippen LogP contribution in [-0.4, -0.2) is 12.0 Å². The molecule has 3 heteroatoms. The molecule has 0 saturated carbocycles. The number of anilines is 1. The van der Waals surface area contributed by atoms with Crippen LogP contribution in [0.3, 0.4) is 0 Å². The first-order chi connectivity index (χ1) is 7.67. The van der Waals surface area contributed by atoms with Crippen molar-refractivity contribution < 1.29 is 4.39 Å². The lowest BCUT2D eigenvalue weighted by atomic mass is 10.1. The summed E-state index contributed by atoms with van der Waals surface area (Å²) in [6, 6.07) is 4.72. The highest BCUT2D eigenvalue weighted by Crippen LogP contribution is 2.28. The van der Waals surface area contributed by atoms with Crippen molar-refractivity contribution in [2.45, 2.75) is 20.3 Å².